The van der Waals surface area contributed by atoms with Crippen molar-refractivity contribution in [2.24, 2.45) is 0 Å². The smallest absolute Gasteiger partial charge is 0.411 e. The quantitative estimate of drug-likeness (QED) is 0.754. The SMILES string of the molecule is CS(=O)(=O)OC1CC[C@H](c2ccc(NC(=O)OCc3ccccc3)cc2)C1. The van der Waals surface area contributed by atoms with E-state index in [0.29, 0.717) is 12.1 Å². The molecule has 1 N–H and O–H groups in total. The van der Waals surface area contributed by atoms with Crippen LogP contribution in [0.1, 0.15) is 36.3 Å². The zero-order valence-corrected chi connectivity index (χ0v) is 15.9. The van der Waals surface area contributed by atoms with E-state index in [1.807, 2.05) is 54.6 Å². The Kier molecular flexibility index (Phi) is 6.13. The number of hydrogen-bond acceptors (Lipinski definition) is 5. The van der Waals surface area contributed by atoms with Crippen LogP contribution in [0.3, 0.4) is 0 Å². The van der Waals surface area contributed by atoms with Gasteiger partial charge in [-0.25, -0.2) is 4.79 Å². The van der Waals surface area contributed by atoms with Crippen molar-refractivity contribution in [1.29, 1.82) is 0 Å². The molecule has 1 amide bonds. The fourth-order valence-electron chi connectivity index (χ4n) is 3.29. The third-order valence-electron chi connectivity index (χ3n) is 4.54. The first-order valence-corrected chi connectivity index (χ1v) is 10.7. The highest BCUT2D eigenvalue weighted by Gasteiger charge is 2.28. The van der Waals surface area contributed by atoms with Crippen LogP contribution in [0.2, 0.25) is 0 Å². The van der Waals surface area contributed by atoms with E-state index < -0.39 is 16.2 Å². The second-order valence-electron chi connectivity index (χ2n) is 6.74. The number of carbonyl (C=O) groups excluding carboxylic acids is 1. The lowest BCUT2D eigenvalue weighted by Crippen LogP contribution is -2.14. The number of ether oxygens (including phenoxy) is 1. The van der Waals surface area contributed by atoms with E-state index in [9.17, 15) is 13.2 Å². The average molecular weight is 389 g/mol. The molecule has 27 heavy (non-hydrogen) atoms. The normalized spacial score (nSPS) is 19.6. The van der Waals surface area contributed by atoms with Gasteiger partial charge in [-0.15, -0.1) is 0 Å². The average Bonchev–Trinajstić information content (AvgIpc) is 3.08. The van der Waals surface area contributed by atoms with Crippen LogP contribution in [0, 0.1) is 0 Å². The first-order valence-electron chi connectivity index (χ1n) is 8.85. The lowest BCUT2D eigenvalue weighted by Gasteiger charge is -2.12. The molecule has 6 nitrogen and oxygen atoms in total. The maximum atomic E-state index is 11.9. The standard InChI is InChI=1S/C20H23NO5S/c1-27(23,24)26-19-12-9-17(13-19)16-7-10-18(11-8-16)21-20(22)25-14-15-5-3-2-4-6-15/h2-8,10-11,17,19H,9,12-14H2,1H3,(H,21,22)/t17-,19?/m0/s1. The van der Waals surface area contributed by atoms with E-state index in [4.69, 9.17) is 8.92 Å². The molecule has 0 aliphatic heterocycles. The molecule has 0 bridgehead atoms. The van der Waals surface area contributed by atoms with Gasteiger partial charge >= 0.3 is 6.09 Å². The summed E-state index contributed by atoms with van der Waals surface area (Å²) in [5.41, 5.74) is 2.69. The van der Waals surface area contributed by atoms with E-state index in [1.165, 1.54) is 0 Å². The fourth-order valence-corrected chi connectivity index (χ4v) is 3.96. The molecule has 0 aromatic heterocycles. The number of carbonyl (C=O) groups is 1. The molecule has 0 saturated heterocycles. The second-order valence-corrected chi connectivity index (χ2v) is 8.34. The Morgan fingerprint density at radius 1 is 1.07 bits per heavy atom. The van der Waals surface area contributed by atoms with Gasteiger partial charge in [-0.3, -0.25) is 9.50 Å². The lowest BCUT2D eigenvalue weighted by molar-refractivity contribution is 0.155. The topological polar surface area (TPSA) is 81.7 Å². The summed E-state index contributed by atoms with van der Waals surface area (Å²) in [5.74, 6) is 0.260. The largest absolute Gasteiger partial charge is 0.444 e. The minimum atomic E-state index is -3.42. The van der Waals surface area contributed by atoms with Crippen molar-refractivity contribution in [2.45, 2.75) is 37.9 Å². The Morgan fingerprint density at radius 3 is 2.44 bits per heavy atom. The number of benzene rings is 2. The Labute approximate surface area is 159 Å². The number of hydrogen-bond donors (Lipinski definition) is 1. The first kappa shape index (κ1) is 19.4. The van der Waals surface area contributed by atoms with Gasteiger partial charge < -0.3 is 4.74 Å². The monoisotopic (exact) mass is 389 g/mol. The van der Waals surface area contributed by atoms with Crippen LogP contribution in [0.25, 0.3) is 0 Å². The summed E-state index contributed by atoms with van der Waals surface area (Å²) in [5, 5.41) is 2.70. The van der Waals surface area contributed by atoms with Crippen LogP contribution >= 0.6 is 0 Å². The van der Waals surface area contributed by atoms with E-state index in [-0.39, 0.29) is 18.6 Å². The van der Waals surface area contributed by atoms with Crippen molar-refractivity contribution in [3.63, 3.8) is 0 Å². The summed E-state index contributed by atoms with van der Waals surface area (Å²) in [4.78, 5) is 11.9. The van der Waals surface area contributed by atoms with Crippen molar-refractivity contribution in [2.75, 3.05) is 11.6 Å². The van der Waals surface area contributed by atoms with Gasteiger partial charge in [0.25, 0.3) is 10.1 Å². The molecule has 2 aromatic carbocycles. The summed E-state index contributed by atoms with van der Waals surface area (Å²) < 4.78 is 32.8. The third kappa shape index (κ3) is 6.08. The van der Waals surface area contributed by atoms with Gasteiger partial charge in [0, 0.05) is 5.69 Å². The van der Waals surface area contributed by atoms with Gasteiger partial charge in [0.1, 0.15) is 6.61 Å². The Balaban J connectivity index is 1.49. The van der Waals surface area contributed by atoms with Gasteiger partial charge in [0.15, 0.2) is 0 Å². The van der Waals surface area contributed by atoms with Crippen LogP contribution in [0.4, 0.5) is 10.5 Å². The molecule has 1 aliphatic carbocycles. The Hall–Kier alpha value is -2.38. The Morgan fingerprint density at radius 2 is 1.78 bits per heavy atom. The predicted molar refractivity (Wildman–Crippen MR) is 103 cm³/mol. The number of rotatable bonds is 6. The van der Waals surface area contributed by atoms with Gasteiger partial charge in [-0.1, -0.05) is 42.5 Å². The molecule has 2 atom stereocenters. The van der Waals surface area contributed by atoms with Crippen LogP contribution in [-0.2, 0) is 25.6 Å². The van der Waals surface area contributed by atoms with E-state index in [0.717, 1.165) is 30.2 Å². The van der Waals surface area contributed by atoms with Crippen molar-refractivity contribution in [3.05, 3.63) is 65.7 Å². The minimum Gasteiger partial charge on any atom is -0.444 e. The lowest BCUT2D eigenvalue weighted by atomic mass is 9.97. The van der Waals surface area contributed by atoms with E-state index >= 15 is 0 Å². The number of nitrogens with one attached hydrogen (secondary N) is 1. The maximum Gasteiger partial charge on any atom is 0.411 e. The summed E-state index contributed by atoms with van der Waals surface area (Å²) in [6, 6.07) is 17.0. The van der Waals surface area contributed by atoms with Gasteiger partial charge in [-0.2, -0.15) is 8.42 Å². The molecule has 1 fully saturated rings. The highest BCUT2D eigenvalue weighted by atomic mass is 32.2. The fraction of sp³-hybridized carbons (Fsp3) is 0.350. The zero-order valence-electron chi connectivity index (χ0n) is 15.1. The molecule has 7 heteroatoms. The maximum absolute atomic E-state index is 11.9. The summed E-state index contributed by atoms with van der Waals surface area (Å²) in [6.45, 7) is 0.217. The van der Waals surface area contributed by atoms with Gasteiger partial charge in [0.2, 0.25) is 0 Å². The van der Waals surface area contributed by atoms with Crippen molar-refractivity contribution in [1.82, 2.24) is 0 Å². The van der Waals surface area contributed by atoms with E-state index in [2.05, 4.69) is 5.32 Å². The molecule has 3 rings (SSSR count). The summed E-state index contributed by atoms with van der Waals surface area (Å²) in [7, 11) is -3.42. The molecule has 0 spiro atoms. The van der Waals surface area contributed by atoms with Crippen molar-refractivity contribution >= 4 is 21.9 Å². The summed E-state index contributed by atoms with van der Waals surface area (Å²) >= 11 is 0. The van der Waals surface area contributed by atoms with Crippen LogP contribution in [-0.4, -0.2) is 26.9 Å². The van der Waals surface area contributed by atoms with Gasteiger partial charge in [0.05, 0.1) is 12.4 Å². The highest BCUT2D eigenvalue weighted by molar-refractivity contribution is 7.86. The highest BCUT2D eigenvalue weighted by Crippen LogP contribution is 2.36. The first-order chi connectivity index (χ1) is 12.9. The van der Waals surface area contributed by atoms with Crippen LogP contribution in [0.15, 0.2) is 54.6 Å². The molecule has 1 aliphatic rings. The molecular formula is C20H23NO5S. The predicted octanol–water partition coefficient (Wildman–Crippen LogP) is 4.05. The van der Waals surface area contributed by atoms with Crippen molar-refractivity contribution in [3.8, 4) is 0 Å². The number of anilines is 1. The number of amides is 1. The molecule has 2 aromatic rings. The summed E-state index contributed by atoms with van der Waals surface area (Å²) in [6.07, 6.45) is 2.61. The van der Waals surface area contributed by atoms with Crippen LogP contribution in [0.5, 0.6) is 0 Å². The molecule has 144 valence electrons. The van der Waals surface area contributed by atoms with Gasteiger partial charge in [-0.05, 0) is 48.4 Å². The van der Waals surface area contributed by atoms with Crippen molar-refractivity contribution < 1.29 is 22.1 Å². The third-order valence-corrected chi connectivity index (χ3v) is 5.16. The zero-order chi connectivity index (χ0) is 19.3. The Bertz CT molecular complexity index is 865. The molecule has 0 heterocycles. The molecule has 1 saturated carbocycles. The van der Waals surface area contributed by atoms with Crippen LogP contribution < -0.4 is 5.32 Å². The molecule has 1 unspecified atom stereocenters. The van der Waals surface area contributed by atoms with E-state index in [1.54, 1.807) is 0 Å². The second kappa shape index (κ2) is 8.54. The minimum absolute atomic E-state index is 0.217. The molecule has 0 radical (unpaired) electrons. The molecular weight excluding hydrogens is 366 g/mol.